The molecule has 1 aromatic rings. The summed E-state index contributed by atoms with van der Waals surface area (Å²) in [7, 11) is 0. The molecule has 0 atom stereocenters. The van der Waals surface area contributed by atoms with E-state index in [4.69, 9.17) is 4.74 Å². The maximum atomic E-state index is 5.28. The van der Waals surface area contributed by atoms with Crippen molar-refractivity contribution in [3.8, 4) is 5.75 Å². The second-order valence-corrected chi connectivity index (χ2v) is 2.57. The Labute approximate surface area is 75.5 Å². The van der Waals surface area contributed by atoms with Crippen LogP contribution in [-0.2, 0) is 0 Å². The molecule has 59 valence electrons. The lowest BCUT2D eigenvalue weighted by Gasteiger charge is -2.02. The standard InChI is InChI=1S/C9H10BrO/c1-2-11-9-5-3-8(7-10)4-6-9/h3-7H,2H2,1H3. The van der Waals surface area contributed by atoms with Crippen molar-refractivity contribution in [1.82, 2.24) is 0 Å². The van der Waals surface area contributed by atoms with Gasteiger partial charge in [-0.3, -0.25) is 0 Å². The minimum absolute atomic E-state index is 0.720. The predicted octanol–water partition coefficient (Wildman–Crippen LogP) is 2.99. The highest BCUT2D eigenvalue weighted by atomic mass is 79.9. The van der Waals surface area contributed by atoms with E-state index in [1.165, 1.54) is 0 Å². The van der Waals surface area contributed by atoms with Crippen molar-refractivity contribution in [2.24, 2.45) is 0 Å². The molecule has 0 heterocycles. The van der Waals surface area contributed by atoms with Gasteiger partial charge < -0.3 is 4.74 Å². The normalized spacial score (nSPS) is 9.64. The monoisotopic (exact) mass is 213 g/mol. The smallest absolute Gasteiger partial charge is 0.119 e. The Morgan fingerprint density at radius 2 is 2.00 bits per heavy atom. The number of hydrogen-bond donors (Lipinski definition) is 0. The Morgan fingerprint density at radius 1 is 1.36 bits per heavy atom. The summed E-state index contributed by atoms with van der Waals surface area (Å²) in [6.07, 6.45) is 0. The van der Waals surface area contributed by atoms with E-state index in [0.29, 0.717) is 0 Å². The van der Waals surface area contributed by atoms with E-state index in [0.717, 1.165) is 17.9 Å². The lowest BCUT2D eigenvalue weighted by atomic mass is 10.2. The second kappa shape index (κ2) is 4.39. The minimum atomic E-state index is 0.720. The van der Waals surface area contributed by atoms with E-state index in [1.54, 1.807) is 0 Å². The lowest BCUT2D eigenvalue weighted by Crippen LogP contribution is -1.90. The summed E-state index contributed by atoms with van der Waals surface area (Å²) < 4.78 is 5.28. The third-order valence-electron chi connectivity index (χ3n) is 1.32. The number of halogens is 1. The average Bonchev–Trinajstić information content (AvgIpc) is 2.07. The first-order valence-electron chi connectivity index (χ1n) is 3.53. The molecule has 1 rings (SSSR count). The van der Waals surface area contributed by atoms with E-state index in [-0.39, 0.29) is 0 Å². The van der Waals surface area contributed by atoms with Gasteiger partial charge in [-0.25, -0.2) is 0 Å². The van der Waals surface area contributed by atoms with Gasteiger partial charge in [0.2, 0.25) is 0 Å². The van der Waals surface area contributed by atoms with Crippen molar-refractivity contribution < 1.29 is 4.74 Å². The fourth-order valence-corrected chi connectivity index (χ4v) is 1.11. The summed E-state index contributed by atoms with van der Waals surface area (Å²) in [6.45, 7) is 2.70. The molecule has 1 radical (unpaired) electrons. The molecule has 0 saturated carbocycles. The molecule has 0 bridgehead atoms. The molecular formula is C9H10BrO. The van der Waals surface area contributed by atoms with Crippen LogP contribution in [-0.4, -0.2) is 6.61 Å². The van der Waals surface area contributed by atoms with E-state index in [2.05, 4.69) is 15.9 Å². The fourth-order valence-electron chi connectivity index (χ4n) is 0.803. The zero-order valence-corrected chi connectivity index (χ0v) is 7.97. The first kappa shape index (κ1) is 8.60. The molecule has 11 heavy (non-hydrogen) atoms. The summed E-state index contributed by atoms with van der Waals surface area (Å²) in [5, 5.41) is 1.88. The van der Waals surface area contributed by atoms with Crippen molar-refractivity contribution >= 4 is 15.9 Å². The van der Waals surface area contributed by atoms with Gasteiger partial charge in [0.15, 0.2) is 0 Å². The van der Waals surface area contributed by atoms with Gasteiger partial charge in [0.1, 0.15) is 5.75 Å². The maximum Gasteiger partial charge on any atom is 0.119 e. The van der Waals surface area contributed by atoms with Crippen LogP contribution < -0.4 is 4.74 Å². The predicted molar refractivity (Wildman–Crippen MR) is 49.9 cm³/mol. The van der Waals surface area contributed by atoms with Gasteiger partial charge in [0, 0.05) is 0 Å². The molecule has 0 spiro atoms. The van der Waals surface area contributed by atoms with Crippen LogP contribution in [0.5, 0.6) is 5.75 Å². The highest BCUT2D eigenvalue weighted by molar-refractivity contribution is 9.10. The molecule has 0 aliphatic heterocycles. The summed E-state index contributed by atoms with van der Waals surface area (Å²) >= 11 is 3.26. The molecule has 0 aliphatic rings. The zero-order valence-electron chi connectivity index (χ0n) is 6.38. The van der Waals surface area contributed by atoms with Crippen LogP contribution in [0.15, 0.2) is 24.3 Å². The van der Waals surface area contributed by atoms with E-state index >= 15 is 0 Å². The SMILES string of the molecule is CCOc1ccc([CH]Br)cc1. The average molecular weight is 214 g/mol. The van der Waals surface area contributed by atoms with Gasteiger partial charge in [0.05, 0.1) is 11.9 Å². The van der Waals surface area contributed by atoms with E-state index < -0.39 is 0 Å². The summed E-state index contributed by atoms with van der Waals surface area (Å²) in [4.78, 5) is 0. The van der Waals surface area contributed by atoms with Crippen LogP contribution >= 0.6 is 15.9 Å². The van der Waals surface area contributed by atoms with Crippen molar-refractivity contribution in [2.45, 2.75) is 6.92 Å². The molecule has 2 heteroatoms. The molecule has 0 saturated heterocycles. The Bertz CT molecular complexity index is 205. The first-order chi connectivity index (χ1) is 5.36. The number of rotatable bonds is 3. The summed E-state index contributed by atoms with van der Waals surface area (Å²) in [5.41, 5.74) is 1.15. The van der Waals surface area contributed by atoms with Crippen LogP contribution in [0.2, 0.25) is 0 Å². The second-order valence-electron chi connectivity index (χ2n) is 2.11. The van der Waals surface area contributed by atoms with Gasteiger partial charge in [-0.15, -0.1) is 0 Å². The Balaban J connectivity index is 2.66. The molecular weight excluding hydrogens is 204 g/mol. The third-order valence-corrected chi connectivity index (χ3v) is 1.85. The molecule has 1 aromatic carbocycles. The van der Waals surface area contributed by atoms with Crippen molar-refractivity contribution in [3.05, 3.63) is 35.2 Å². The topological polar surface area (TPSA) is 9.23 Å². The molecule has 0 aromatic heterocycles. The first-order valence-corrected chi connectivity index (χ1v) is 4.44. The summed E-state index contributed by atoms with van der Waals surface area (Å²) in [6, 6.07) is 7.91. The largest absolute Gasteiger partial charge is 0.494 e. The lowest BCUT2D eigenvalue weighted by molar-refractivity contribution is 0.340. The van der Waals surface area contributed by atoms with Crippen molar-refractivity contribution in [3.63, 3.8) is 0 Å². The van der Waals surface area contributed by atoms with Gasteiger partial charge in [-0.2, -0.15) is 0 Å². The van der Waals surface area contributed by atoms with Crippen molar-refractivity contribution in [2.75, 3.05) is 6.61 Å². The molecule has 0 unspecified atom stereocenters. The van der Waals surface area contributed by atoms with Gasteiger partial charge in [-0.05, 0) is 24.6 Å². The van der Waals surface area contributed by atoms with Gasteiger partial charge in [0.25, 0.3) is 0 Å². The minimum Gasteiger partial charge on any atom is -0.494 e. The maximum absolute atomic E-state index is 5.28. The molecule has 0 N–H and O–H groups in total. The molecule has 1 nitrogen and oxygen atoms in total. The van der Waals surface area contributed by atoms with E-state index in [1.807, 2.05) is 36.5 Å². The Hall–Kier alpha value is -0.500. The quantitative estimate of drug-likeness (QED) is 0.751. The number of benzene rings is 1. The highest BCUT2D eigenvalue weighted by Gasteiger charge is 1.91. The summed E-state index contributed by atoms with van der Waals surface area (Å²) in [5.74, 6) is 0.922. The highest BCUT2D eigenvalue weighted by Crippen LogP contribution is 2.14. The fraction of sp³-hybridized carbons (Fsp3) is 0.222. The van der Waals surface area contributed by atoms with Crippen LogP contribution in [0.3, 0.4) is 0 Å². The number of ether oxygens (including phenoxy) is 1. The Morgan fingerprint density at radius 3 is 2.45 bits per heavy atom. The molecule has 0 amide bonds. The third kappa shape index (κ3) is 2.54. The van der Waals surface area contributed by atoms with Crippen LogP contribution in [0.4, 0.5) is 0 Å². The van der Waals surface area contributed by atoms with E-state index in [9.17, 15) is 0 Å². The van der Waals surface area contributed by atoms with Crippen LogP contribution in [0.1, 0.15) is 12.5 Å². The molecule has 0 fully saturated rings. The Kier molecular flexibility index (Phi) is 3.43. The molecule has 0 aliphatic carbocycles. The number of hydrogen-bond acceptors (Lipinski definition) is 1. The van der Waals surface area contributed by atoms with Gasteiger partial charge >= 0.3 is 0 Å². The van der Waals surface area contributed by atoms with Gasteiger partial charge in [-0.1, -0.05) is 28.1 Å². The van der Waals surface area contributed by atoms with Crippen LogP contribution in [0.25, 0.3) is 0 Å². The zero-order chi connectivity index (χ0) is 8.10. The van der Waals surface area contributed by atoms with Crippen LogP contribution in [0, 0.1) is 5.33 Å². The van der Waals surface area contributed by atoms with Crippen molar-refractivity contribution in [1.29, 1.82) is 0 Å².